The van der Waals surface area contributed by atoms with Crippen LogP contribution in [0.3, 0.4) is 0 Å². The number of fused-ring (bicyclic) bond motifs is 1. The summed E-state index contributed by atoms with van der Waals surface area (Å²) in [6, 6.07) is 9.50. The second-order valence-electron chi connectivity index (χ2n) is 4.03. The van der Waals surface area contributed by atoms with Crippen molar-refractivity contribution in [1.29, 1.82) is 0 Å². The van der Waals surface area contributed by atoms with Gasteiger partial charge in [-0.2, -0.15) is 0 Å². The Bertz CT molecular complexity index is 479. The molecule has 0 aliphatic rings. The van der Waals surface area contributed by atoms with Crippen LogP contribution in [0.1, 0.15) is 24.4 Å². The highest BCUT2D eigenvalue weighted by Crippen LogP contribution is 2.19. The van der Waals surface area contributed by atoms with E-state index in [0.29, 0.717) is 12.3 Å². The molecule has 0 saturated carbocycles. The van der Waals surface area contributed by atoms with E-state index in [4.69, 9.17) is 4.42 Å². The van der Waals surface area contributed by atoms with Crippen molar-refractivity contribution in [3.8, 4) is 0 Å². The first-order valence-corrected chi connectivity index (χ1v) is 5.98. The molecule has 2 rings (SSSR count). The number of nitrogens with zero attached hydrogens (tertiary/aromatic N) is 1. The van der Waals surface area contributed by atoms with Gasteiger partial charge in [0.15, 0.2) is 5.76 Å². The molecule has 0 atom stereocenters. The number of rotatable bonds is 5. The summed E-state index contributed by atoms with van der Waals surface area (Å²) < 4.78 is 5.54. The molecule has 1 aromatic heterocycles. The molecule has 90 valence electrons. The molecule has 0 aliphatic heterocycles. The summed E-state index contributed by atoms with van der Waals surface area (Å²) >= 11 is 0. The summed E-state index contributed by atoms with van der Waals surface area (Å²) in [5, 5.41) is 0.982. The van der Waals surface area contributed by atoms with Crippen molar-refractivity contribution in [3.05, 3.63) is 36.1 Å². The molecule has 0 unspecified atom stereocenters. The van der Waals surface area contributed by atoms with E-state index in [2.05, 4.69) is 18.7 Å². The molecule has 0 spiro atoms. The number of furan rings is 1. The van der Waals surface area contributed by atoms with Crippen molar-refractivity contribution < 1.29 is 9.21 Å². The van der Waals surface area contributed by atoms with E-state index in [1.807, 2.05) is 30.3 Å². The van der Waals surface area contributed by atoms with Crippen molar-refractivity contribution in [1.82, 2.24) is 4.90 Å². The standard InChI is InChI=1S/C14H17NO2/c1-3-15(4-2)10-12(16)14-9-11-7-5-6-8-13(11)17-14/h5-9H,3-4,10H2,1-2H3. The summed E-state index contributed by atoms with van der Waals surface area (Å²) in [4.78, 5) is 14.1. The predicted octanol–water partition coefficient (Wildman–Crippen LogP) is 2.96. The van der Waals surface area contributed by atoms with E-state index in [9.17, 15) is 4.79 Å². The summed E-state index contributed by atoms with van der Waals surface area (Å²) in [5.74, 6) is 0.503. The highest BCUT2D eigenvalue weighted by Gasteiger charge is 2.14. The van der Waals surface area contributed by atoms with Gasteiger partial charge in [0.05, 0.1) is 6.54 Å². The zero-order chi connectivity index (χ0) is 12.3. The number of carbonyl (C=O) groups excluding carboxylic acids is 1. The molecular formula is C14H17NO2. The van der Waals surface area contributed by atoms with Crippen LogP contribution in [0.2, 0.25) is 0 Å². The van der Waals surface area contributed by atoms with E-state index >= 15 is 0 Å². The van der Waals surface area contributed by atoms with Gasteiger partial charge in [0.2, 0.25) is 5.78 Å². The van der Waals surface area contributed by atoms with Gasteiger partial charge < -0.3 is 4.42 Å². The number of likely N-dealkylation sites (N-methyl/N-ethyl adjacent to an activating group) is 1. The van der Waals surface area contributed by atoms with E-state index in [1.165, 1.54) is 0 Å². The van der Waals surface area contributed by atoms with Crippen LogP contribution in [0.25, 0.3) is 11.0 Å². The molecule has 1 heterocycles. The van der Waals surface area contributed by atoms with Gasteiger partial charge in [-0.1, -0.05) is 32.0 Å². The van der Waals surface area contributed by atoms with Gasteiger partial charge in [-0.05, 0) is 25.2 Å². The zero-order valence-electron chi connectivity index (χ0n) is 10.3. The Kier molecular flexibility index (Phi) is 3.59. The molecule has 3 nitrogen and oxygen atoms in total. The molecule has 2 aromatic rings. The van der Waals surface area contributed by atoms with Crippen molar-refractivity contribution in [2.75, 3.05) is 19.6 Å². The number of benzene rings is 1. The minimum atomic E-state index is 0.0462. The van der Waals surface area contributed by atoms with Gasteiger partial charge in [0.1, 0.15) is 5.58 Å². The van der Waals surface area contributed by atoms with E-state index in [-0.39, 0.29) is 5.78 Å². The number of para-hydroxylation sites is 1. The molecule has 1 aromatic carbocycles. The first-order chi connectivity index (χ1) is 8.24. The highest BCUT2D eigenvalue weighted by atomic mass is 16.3. The number of Topliss-reactive ketones (excluding diaryl/α,β-unsaturated/α-hetero) is 1. The second-order valence-corrected chi connectivity index (χ2v) is 4.03. The van der Waals surface area contributed by atoms with E-state index < -0.39 is 0 Å². The van der Waals surface area contributed by atoms with Gasteiger partial charge in [0.25, 0.3) is 0 Å². The summed E-state index contributed by atoms with van der Waals surface area (Å²) in [5.41, 5.74) is 0.774. The number of hydrogen-bond acceptors (Lipinski definition) is 3. The Balaban J connectivity index is 2.19. The summed E-state index contributed by atoms with van der Waals surface area (Å²) in [6.07, 6.45) is 0. The van der Waals surface area contributed by atoms with Gasteiger partial charge in [0, 0.05) is 5.39 Å². The van der Waals surface area contributed by atoms with Crippen LogP contribution in [-0.2, 0) is 0 Å². The molecular weight excluding hydrogens is 214 g/mol. The number of carbonyl (C=O) groups is 1. The van der Waals surface area contributed by atoms with Crippen molar-refractivity contribution in [3.63, 3.8) is 0 Å². The summed E-state index contributed by atoms with van der Waals surface area (Å²) in [7, 11) is 0. The molecule has 0 bridgehead atoms. The quantitative estimate of drug-likeness (QED) is 0.742. The normalized spacial score (nSPS) is 11.2. The molecule has 3 heteroatoms. The fourth-order valence-electron chi connectivity index (χ4n) is 1.85. The molecule has 0 N–H and O–H groups in total. The van der Waals surface area contributed by atoms with Crippen molar-refractivity contribution in [2.24, 2.45) is 0 Å². The second kappa shape index (κ2) is 5.15. The lowest BCUT2D eigenvalue weighted by Crippen LogP contribution is -2.29. The van der Waals surface area contributed by atoms with Crippen molar-refractivity contribution in [2.45, 2.75) is 13.8 Å². The fourth-order valence-corrected chi connectivity index (χ4v) is 1.85. The zero-order valence-corrected chi connectivity index (χ0v) is 10.3. The van der Waals surface area contributed by atoms with Crippen LogP contribution in [0.5, 0.6) is 0 Å². The van der Waals surface area contributed by atoms with Crippen LogP contribution in [0.15, 0.2) is 34.7 Å². The maximum atomic E-state index is 12.0. The molecule has 17 heavy (non-hydrogen) atoms. The van der Waals surface area contributed by atoms with Gasteiger partial charge in [-0.15, -0.1) is 0 Å². The molecule has 0 fully saturated rings. The predicted molar refractivity (Wildman–Crippen MR) is 68.3 cm³/mol. The first kappa shape index (κ1) is 11.9. The average Bonchev–Trinajstić information content (AvgIpc) is 2.79. The average molecular weight is 231 g/mol. The largest absolute Gasteiger partial charge is 0.453 e. The number of hydrogen-bond donors (Lipinski definition) is 0. The summed E-state index contributed by atoms with van der Waals surface area (Å²) in [6.45, 7) is 6.28. The lowest BCUT2D eigenvalue weighted by Gasteiger charge is -2.15. The van der Waals surface area contributed by atoms with Gasteiger partial charge >= 0.3 is 0 Å². The SMILES string of the molecule is CCN(CC)CC(=O)c1cc2ccccc2o1. The Morgan fingerprint density at radius 1 is 1.24 bits per heavy atom. The smallest absolute Gasteiger partial charge is 0.211 e. The minimum Gasteiger partial charge on any atom is -0.453 e. The maximum Gasteiger partial charge on any atom is 0.211 e. The molecule has 0 amide bonds. The van der Waals surface area contributed by atoms with Crippen molar-refractivity contribution >= 4 is 16.8 Å². The highest BCUT2D eigenvalue weighted by molar-refractivity contribution is 5.98. The lowest BCUT2D eigenvalue weighted by molar-refractivity contribution is 0.0912. The fraction of sp³-hybridized carbons (Fsp3) is 0.357. The van der Waals surface area contributed by atoms with Gasteiger partial charge in [-0.25, -0.2) is 0 Å². The third-order valence-corrected chi connectivity index (χ3v) is 2.96. The first-order valence-electron chi connectivity index (χ1n) is 5.98. The Labute approximate surface area is 101 Å². The molecule has 0 radical (unpaired) electrons. The number of ketones is 1. The topological polar surface area (TPSA) is 33.5 Å². The van der Waals surface area contributed by atoms with Crippen LogP contribution >= 0.6 is 0 Å². The Hall–Kier alpha value is -1.61. The molecule has 0 aliphatic carbocycles. The van der Waals surface area contributed by atoms with Crippen LogP contribution < -0.4 is 0 Å². The Morgan fingerprint density at radius 3 is 2.59 bits per heavy atom. The van der Waals surface area contributed by atoms with E-state index in [0.717, 1.165) is 24.1 Å². The van der Waals surface area contributed by atoms with Crippen LogP contribution in [0, 0.1) is 0 Å². The van der Waals surface area contributed by atoms with Crippen LogP contribution in [-0.4, -0.2) is 30.3 Å². The Morgan fingerprint density at radius 2 is 1.94 bits per heavy atom. The third kappa shape index (κ3) is 2.56. The maximum absolute atomic E-state index is 12.0. The molecule has 0 saturated heterocycles. The van der Waals surface area contributed by atoms with Crippen LogP contribution in [0.4, 0.5) is 0 Å². The van der Waals surface area contributed by atoms with Gasteiger partial charge in [-0.3, -0.25) is 9.69 Å². The monoisotopic (exact) mass is 231 g/mol. The van der Waals surface area contributed by atoms with E-state index in [1.54, 1.807) is 0 Å². The minimum absolute atomic E-state index is 0.0462. The lowest BCUT2D eigenvalue weighted by atomic mass is 10.2. The third-order valence-electron chi connectivity index (χ3n) is 2.96.